The lowest BCUT2D eigenvalue weighted by Gasteiger charge is -2.11. The van der Waals surface area contributed by atoms with E-state index in [0.29, 0.717) is 24.5 Å². The molecule has 2 aromatic carbocycles. The number of carboxylic acid groups (broad SMARTS) is 1. The minimum atomic E-state index is -0.777. The highest BCUT2D eigenvalue weighted by molar-refractivity contribution is 7.13. The number of rotatable bonds is 9. The number of aryl methyl sites for hydroxylation is 1. The standard InChI is InChI=1S/C23H22FNO3S/c24-18-8-11-20(23-25-21(14-29-23)16-6-7-16)17(12-18)13-28-19-9-4-15(5-10-19)2-1-3-22(26)27/h4-5,8-12,14,16H,1-3,6-7,13H2,(H,26,27). The largest absolute Gasteiger partial charge is 0.489 e. The molecule has 0 saturated heterocycles. The highest BCUT2D eigenvalue weighted by Crippen LogP contribution is 2.42. The fourth-order valence-corrected chi connectivity index (χ4v) is 4.19. The maximum atomic E-state index is 13.8. The van der Waals surface area contributed by atoms with Crippen molar-refractivity contribution in [3.8, 4) is 16.3 Å². The molecule has 3 aromatic rings. The van der Waals surface area contributed by atoms with Crippen molar-refractivity contribution < 1.29 is 19.0 Å². The second kappa shape index (κ2) is 8.74. The lowest BCUT2D eigenvalue weighted by atomic mass is 10.1. The molecule has 0 aliphatic heterocycles. The van der Waals surface area contributed by atoms with Crippen molar-refractivity contribution in [2.45, 2.75) is 44.6 Å². The van der Waals surface area contributed by atoms with Crippen molar-refractivity contribution in [3.05, 3.63) is 70.5 Å². The van der Waals surface area contributed by atoms with Gasteiger partial charge in [-0.15, -0.1) is 11.3 Å². The predicted octanol–water partition coefficient (Wildman–Crippen LogP) is 5.81. The number of halogens is 1. The van der Waals surface area contributed by atoms with Crippen LogP contribution in [0.3, 0.4) is 0 Å². The molecule has 1 N–H and O–H groups in total. The quantitative estimate of drug-likeness (QED) is 0.482. The molecule has 0 unspecified atom stereocenters. The van der Waals surface area contributed by atoms with Gasteiger partial charge in [-0.25, -0.2) is 9.37 Å². The van der Waals surface area contributed by atoms with Gasteiger partial charge in [0.1, 0.15) is 23.2 Å². The summed E-state index contributed by atoms with van der Waals surface area (Å²) in [5.74, 6) is 0.217. The summed E-state index contributed by atoms with van der Waals surface area (Å²) in [5.41, 5.74) is 3.89. The summed E-state index contributed by atoms with van der Waals surface area (Å²) in [6, 6.07) is 12.3. The van der Waals surface area contributed by atoms with Crippen LogP contribution in [0.15, 0.2) is 47.8 Å². The smallest absolute Gasteiger partial charge is 0.303 e. The van der Waals surface area contributed by atoms with E-state index in [0.717, 1.165) is 27.4 Å². The van der Waals surface area contributed by atoms with Crippen LogP contribution in [0.2, 0.25) is 0 Å². The summed E-state index contributed by atoms with van der Waals surface area (Å²) in [5, 5.41) is 11.7. The van der Waals surface area contributed by atoms with Gasteiger partial charge in [0, 0.05) is 28.8 Å². The topological polar surface area (TPSA) is 59.4 Å². The van der Waals surface area contributed by atoms with Gasteiger partial charge in [0.2, 0.25) is 0 Å². The summed E-state index contributed by atoms with van der Waals surface area (Å²) in [6.07, 6.45) is 3.90. The fourth-order valence-electron chi connectivity index (χ4n) is 3.22. The molecule has 0 spiro atoms. The molecular weight excluding hydrogens is 389 g/mol. The van der Waals surface area contributed by atoms with E-state index in [1.165, 1.54) is 25.0 Å². The Hall–Kier alpha value is -2.73. The lowest BCUT2D eigenvalue weighted by molar-refractivity contribution is -0.137. The van der Waals surface area contributed by atoms with Crippen LogP contribution in [-0.2, 0) is 17.8 Å². The number of carbonyl (C=O) groups is 1. The minimum absolute atomic E-state index is 0.166. The van der Waals surface area contributed by atoms with Crippen LogP contribution in [0, 0.1) is 5.82 Å². The third-order valence-corrected chi connectivity index (χ3v) is 5.88. The van der Waals surface area contributed by atoms with E-state index in [4.69, 9.17) is 14.8 Å². The molecule has 1 aromatic heterocycles. The zero-order valence-electron chi connectivity index (χ0n) is 15.9. The molecule has 1 fully saturated rings. The van der Waals surface area contributed by atoms with Crippen molar-refractivity contribution in [2.75, 3.05) is 0 Å². The highest BCUT2D eigenvalue weighted by atomic mass is 32.1. The first-order valence-electron chi connectivity index (χ1n) is 9.76. The minimum Gasteiger partial charge on any atom is -0.489 e. The summed E-state index contributed by atoms with van der Waals surface area (Å²) in [6.45, 7) is 0.254. The molecule has 1 heterocycles. The monoisotopic (exact) mass is 411 g/mol. The Morgan fingerprint density at radius 3 is 2.72 bits per heavy atom. The molecule has 150 valence electrons. The van der Waals surface area contributed by atoms with Gasteiger partial charge < -0.3 is 9.84 Å². The Kier molecular flexibility index (Phi) is 5.90. The molecule has 1 aliphatic rings. The third kappa shape index (κ3) is 5.21. The molecule has 1 saturated carbocycles. The van der Waals surface area contributed by atoms with Gasteiger partial charge in [-0.3, -0.25) is 4.79 Å². The second-order valence-electron chi connectivity index (χ2n) is 7.33. The number of ether oxygens (including phenoxy) is 1. The average molecular weight is 411 g/mol. The second-order valence-corrected chi connectivity index (χ2v) is 8.19. The number of aromatic nitrogens is 1. The van der Waals surface area contributed by atoms with Crippen molar-refractivity contribution in [3.63, 3.8) is 0 Å². The average Bonchev–Trinajstić information content (AvgIpc) is 3.44. The number of aliphatic carboxylic acids is 1. The first-order chi connectivity index (χ1) is 14.1. The Labute approximate surface area is 173 Å². The highest BCUT2D eigenvalue weighted by Gasteiger charge is 2.26. The molecule has 4 nitrogen and oxygen atoms in total. The van der Waals surface area contributed by atoms with E-state index in [1.54, 1.807) is 17.4 Å². The molecule has 6 heteroatoms. The van der Waals surface area contributed by atoms with Crippen LogP contribution in [-0.4, -0.2) is 16.1 Å². The number of nitrogens with zero attached hydrogens (tertiary/aromatic N) is 1. The van der Waals surface area contributed by atoms with E-state index >= 15 is 0 Å². The zero-order valence-corrected chi connectivity index (χ0v) is 16.8. The Morgan fingerprint density at radius 2 is 2.00 bits per heavy atom. The van der Waals surface area contributed by atoms with E-state index in [9.17, 15) is 9.18 Å². The van der Waals surface area contributed by atoms with Gasteiger partial charge in [0.15, 0.2) is 0 Å². The van der Waals surface area contributed by atoms with Crippen LogP contribution in [0.1, 0.15) is 48.4 Å². The molecule has 0 bridgehead atoms. The summed E-state index contributed by atoms with van der Waals surface area (Å²) >= 11 is 1.59. The van der Waals surface area contributed by atoms with E-state index < -0.39 is 5.97 Å². The normalized spacial score (nSPS) is 13.4. The molecule has 29 heavy (non-hydrogen) atoms. The van der Waals surface area contributed by atoms with E-state index in [2.05, 4.69) is 5.38 Å². The van der Waals surface area contributed by atoms with Gasteiger partial charge >= 0.3 is 5.97 Å². The summed E-state index contributed by atoms with van der Waals surface area (Å²) < 4.78 is 19.7. The van der Waals surface area contributed by atoms with Gasteiger partial charge in [-0.2, -0.15) is 0 Å². The number of hydrogen-bond acceptors (Lipinski definition) is 4. The van der Waals surface area contributed by atoms with Gasteiger partial charge in [-0.1, -0.05) is 12.1 Å². The number of thiazole rings is 1. The van der Waals surface area contributed by atoms with Crippen LogP contribution < -0.4 is 4.74 Å². The molecule has 0 radical (unpaired) electrons. The van der Waals surface area contributed by atoms with Gasteiger partial charge in [-0.05, 0) is 61.6 Å². The van der Waals surface area contributed by atoms with Crippen molar-refractivity contribution >= 4 is 17.3 Å². The van der Waals surface area contributed by atoms with Crippen LogP contribution >= 0.6 is 11.3 Å². The Morgan fingerprint density at radius 1 is 1.21 bits per heavy atom. The Bertz CT molecular complexity index is 996. The maximum Gasteiger partial charge on any atom is 0.303 e. The molecule has 0 atom stereocenters. The van der Waals surface area contributed by atoms with E-state index in [1.807, 2.05) is 24.3 Å². The zero-order chi connectivity index (χ0) is 20.2. The third-order valence-electron chi connectivity index (χ3n) is 4.99. The SMILES string of the molecule is O=C(O)CCCc1ccc(OCc2cc(F)ccc2-c2nc(C3CC3)cs2)cc1. The summed E-state index contributed by atoms with van der Waals surface area (Å²) in [4.78, 5) is 15.3. The fraction of sp³-hybridized carbons (Fsp3) is 0.304. The maximum absolute atomic E-state index is 13.8. The van der Waals surface area contributed by atoms with Crippen LogP contribution in [0.4, 0.5) is 4.39 Å². The molecule has 4 rings (SSSR count). The van der Waals surface area contributed by atoms with Gasteiger partial charge in [0.25, 0.3) is 0 Å². The van der Waals surface area contributed by atoms with Crippen LogP contribution in [0.25, 0.3) is 10.6 Å². The van der Waals surface area contributed by atoms with Crippen molar-refractivity contribution in [2.24, 2.45) is 0 Å². The first kappa shape index (κ1) is 19.6. The Balaban J connectivity index is 1.42. The molecular formula is C23H22FNO3S. The van der Waals surface area contributed by atoms with E-state index in [-0.39, 0.29) is 18.8 Å². The van der Waals surface area contributed by atoms with Crippen LogP contribution in [0.5, 0.6) is 5.75 Å². The number of carboxylic acids is 1. The number of hydrogen-bond donors (Lipinski definition) is 1. The van der Waals surface area contributed by atoms with Gasteiger partial charge in [0.05, 0.1) is 5.69 Å². The summed E-state index contributed by atoms with van der Waals surface area (Å²) in [7, 11) is 0. The predicted molar refractivity (Wildman–Crippen MR) is 111 cm³/mol. The van der Waals surface area contributed by atoms with Crippen molar-refractivity contribution in [1.82, 2.24) is 4.98 Å². The first-order valence-corrected chi connectivity index (χ1v) is 10.6. The molecule has 0 amide bonds. The molecule has 1 aliphatic carbocycles. The lowest BCUT2D eigenvalue weighted by Crippen LogP contribution is -1.99. The number of benzene rings is 2. The van der Waals surface area contributed by atoms with Crippen molar-refractivity contribution in [1.29, 1.82) is 0 Å².